The van der Waals surface area contributed by atoms with Gasteiger partial charge in [0.25, 0.3) is 0 Å². The van der Waals surface area contributed by atoms with E-state index in [1.54, 1.807) is 0 Å². The molecule has 1 aromatic heterocycles. The number of nitrogens with zero attached hydrogens (tertiary/aromatic N) is 2. The minimum absolute atomic E-state index is 0.107. The van der Waals surface area contributed by atoms with Gasteiger partial charge in [0.05, 0.1) is 0 Å². The van der Waals surface area contributed by atoms with Crippen molar-refractivity contribution in [1.29, 1.82) is 0 Å². The van der Waals surface area contributed by atoms with Crippen molar-refractivity contribution in [2.45, 2.75) is 52.5 Å². The highest BCUT2D eigenvalue weighted by molar-refractivity contribution is 5.53. The van der Waals surface area contributed by atoms with Crippen LogP contribution in [0.2, 0.25) is 0 Å². The Morgan fingerprint density at radius 3 is 2.33 bits per heavy atom. The summed E-state index contributed by atoms with van der Waals surface area (Å²) in [7, 11) is 0. The van der Waals surface area contributed by atoms with Gasteiger partial charge in [0, 0.05) is 24.1 Å². The highest BCUT2D eigenvalue weighted by Crippen LogP contribution is 2.21. The fourth-order valence-corrected chi connectivity index (χ4v) is 2.03. The van der Waals surface area contributed by atoms with Gasteiger partial charge in [-0.3, -0.25) is 0 Å². The summed E-state index contributed by atoms with van der Waals surface area (Å²) in [6, 6.07) is 8.32. The Morgan fingerprint density at radius 2 is 1.76 bits per heavy atom. The summed E-state index contributed by atoms with van der Waals surface area (Å²) in [4.78, 5) is 0. The zero-order valence-corrected chi connectivity index (χ0v) is 13.6. The smallest absolute Gasteiger partial charge is 0.247 e. The molecule has 0 radical (unpaired) electrons. The number of hydrogen-bond donors (Lipinski definition) is 1. The Hall–Kier alpha value is -1.68. The van der Waals surface area contributed by atoms with Gasteiger partial charge in [-0.25, -0.2) is 0 Å². The van der Waals surface area contributed by atoms with Gasteiger partial charge in [0.1, 0.15) is 0 Å². The summed E-state index contributed by atoms with van der Waals surface area (Å²) >= 11 is 0. The molecule has 2 rings (SSSR count). The lowest BCUT2D eigenvalue weighted by Crippen LogP contribution is -2.37. The second-order valence-electron chi connectivity index (χ2n) is 6.70. The molecule has 0 saturated heterocycles. The highest BCUT2D eigenvalue weighted by atomic mass is 16.4. The van der Waals surface area contributed by atoms with Gasteiger partial charge in [-0.15, -0.1) is 10.2 Å². The van der Waals surface area contributed by atoms with Crippen LogP contribution in [0, 0.1) is 0 Å². The molecule has 4 heteroatoms. The maximum Gasteiger partial charge on any atom is 0.247 e. The van der Waals surface area contributed by atoms with Crippen LogP contribution >= 0.6 is 0 Å². The van der Waals surface area contributed by atoms with Gasteiger partial charge in [-0.2, -0.15) is 0 Å². The van der Waals surface area contributed by atoms with Gasteiger partial charge in [-0.1, -0.05) is 26.0 Å². The van der Waals surface area contributed by atoms with Crippen molar-refractivity contribution in [1.82, 2.24) is 15.5 Å². The first kappa shape index (κ1) is 15.7. The molecule has 1 N–H and O–H groups in total. The third-order valence-electron chi connectivity index (χ3n) is 3.29. The van der Waals surface area contributed by atoms with Gasteiger partial charge in [0.15, 0.2) is 0 Å². The van der Waals surface area contributed by atoms with E-state index in [0.29, 0.717) is 17.7 Å². The van der Waals surface area contributed by atoms with E-state index in [1.165, 1.54) is 5.56 Å². The SMILES string of the molecule is CC(C)c1ccc(-c2nnc(CCNC(C)(C)C)o2)cc1. The van der Waals surface area contributed by atoms with E-state index in [2.05, 4.69) is 62.3 Å². The van der Waals surface area contributed by atoms with E-state index in [4.69, 9.17) is 4.42 Å². The lowest BCUT2D eigenvalue weighted by Gasteiger charge is -2.19. The van der Waals surface area contributed by atoms with Gasteiger partial charge >= 0.3 is 0 Å². The lowest BCUT2D eigenvalue weighted by molar-refractivity contribution is 0.412. The van der Waals surface area contributed by atoms with Gasteiger partial charge < -0.3 is 9.73 Å². The molecule has 0 unspecified atom stereocenters. The third-order valence-corrected chi connectivity index (χ3v) is 3.29. The molecule has 0 bridgehead atoms. The number of rotatable bonds is 5. The molecule has 1 aromatic carbocycles. The quantitative estimate of drug-likeness (QED) is 0.909. The molecule has 2 aromatic rings. The second kappa shape index (κ2) is 6.39. The largest absolute Gasteiger partial charge is 0.421 e. The Labute approximate surface area is 127 Å². The van der Waals surface area contributed by atoms with Crippen LogP contribution in [0.25, 0.3) is 11.5 Å². The van der Waals surface area contributed by atoms with E-state index >= 15 is 0 Å². The average molecular weight is 287 g/mol. The summed E-state index contributed by atoms with van der Waals surface area (Å²) in [5.41, 5.74) is 2.39. The molecular weight excluding hydrogens is 262 g/mol. The molecule has 0 saturated carbocycles. The molecule has 0 atom stereocenters. The van der Waals surface area contributed by atoms with E-state index in [9.17, 15) is 0 Å². The molecule has 0 spiro atoms. The van der Waals surface area contributed by atoms with Crippen LogP contribution in [0.3, 0.4) is 0 Å². The first-order valence-electron chi connectivity index (χ1n) is 7.53. The van der Waals surface area contributed by atoms with Crippen LogP contribution in [-0.2, 0) is 6.42 Å². The predicted octanol–water partition coefficient (Wildman–Crippen LogP) is 3.79. The molecule has 1 heterocycles. The number of nitrogens with one attached hydrogen (secondary N) is 1. The van der Waals surface area contributed by atoms with Crippen LogP contribution in [0.15, 0.2) is 28.7 Å². The molecule has 0 aliphatic heterocycles. The van der Waals surface area contributed by atoms with Crippen molar-refractivity contribution in [2.24, 2.45) is 0 Å². The first-order valence-corrected chi connectivity index (χ1v) is 7.53. The molecule has 21 heavy (non-hydrogen) atoms. The Balaban J connectivity index is 1.99. The summed E-state index contributed by atoms with van der Waals surface area (Å²) < 4.78 is 5.72. The van der Waals surface area contributed by atoms with Crippen LogP contribution in [-0.4, -0.2) is 22.3 Å². The maximum atomic E-state index is 5.72. The lowest BCUT2D eigenvalue weighted by atomic mass is 10.0. The fourth-order valence-electron chi connectivity index (χ4n) is 2.03. The minimum atomic E-state index is 0.107. The molecule has 0 fully saturated rings. The zero-order chi connectivity index (χ0) is 15.5. The van der Waals surface area contributed by atoms with Crippen molar-refractivity contribution < 1.29 is 4.42 Å². The Kier molecular flexibility index (Phi) is 4.78. The van der Waals surface area contributed by atoms with Crippen LogP contribution in [0.5, 0.6) is 0 Å². The Bertz CT molecular complexity index is 564. The van der Waals surface area contributed by atoms with Crippen molar-refractivity contribution in [3.63, 3.8) is 0 Å². The molecule has 0 amide bonds. The van der Waals surface area contributed by atoms with Crippen molar-refractivity contribution in [3.05, 3.63) is 35.7 Å². The number of aromatic nitrogens is 2. The standard InChI is InChI=1S/C17H25N3O/c1-12(2)13-6-8-14(9-7-13)16-20-19-15(21-16)10-11-18-17(3,4)5/h6-9,12,18H,10-11H2,1-5H3. The topological polar surface area (TPSA) is 51.0 Å². The summed E-state index contributed by atoms with van der Waals surface area (Å²) in [5.74, 6) is 1.80. The Morgan fingerprint density at radius 1 is 1.10 bits per heavy atom. The van der Waals surface area contributed by atoms with Gasteiger partial charge in [0.2, 0.25) is 11.8 Å². The van der Waals surface area contributed by atoms with Crippen LogP contribution < -0.4 is 5.32 Å². The van der Waals surface area contributed by atoms with E-state index in [0.717, 1.165) is 18.5 Å². The molecule has 114 valence electrons. The monoisotopic (exact) mass is 287 g/mol. The molecule has 4 nitrogen and oxygen atoms in total. The summed E-state index contributed by atoms with van der Waals surface area (Å²) in [5, 5.41) is 11.7. The molecular formula is C17H25N3O. The maximum absolute atomic E-state index is 5.72. The van der Waals surface area contributed by atoms with Crippen molar-refractivity contribution >= 4 is 0 Å². The number of benzene rings is 1. The average Bonchev–Trinajstić information content (AvgIpc) is 2.86. The van der Waals surface area contributed by atoms with Gasteiger partial charge in [-0.05, 0) is 44.4 Å². The highest BCUT2D eigenvalue weighted by Gasteiger charge is 2.11. The first-order chi connectivity index (χ1) is 9.85. The normalized spacial score (nSPS) is 12.1. The van der Waals surface area contributed by atoms with E-state index in [-0.39, 0.29) is 5.54 Å². The third kappa shape index (κ3) is 4.67. The zero-order valence-electron chi connectivity index (χ0n) is 13.6. The second-order valence-corrected chi connectivity index (χ2v) is 6.70. The number of hydrogen-bond acceptors (Lipinski definition) is 4. The summed E-state index contributed by atoms with van der Waals surface area (Å²) in [6.07, 6.45) is 0.744. The van der Waals surface area contributed by atoms with E-state index < -0.39 is 0 Å². The predicted molar refractivity (Wildman–Crippen MR) is 85.3 cm³/mol. The fraction of sp³-hybridized carbons (Fsp3) is 0.529. The van der Waals surface area contributed by atoms with E-state index in [1.807, 2.05) is 12.1 Å². The van der Waals surface area contributed by atoms with Crippen molar-refractivity contribution in [2.75, 3.05) is 6.54 Å². The van der Waals surface area contributed by atoms with Crippen LogP contribution in [0.1, 0.15) is 52.0 Å². The minimum Gasteiger partial charge on any atom is -0.421 e. The van der Waals surface area contributed by atoms with Crippen LogP contribution in [0.4, 0.5) is 0 Å². The van der Waals surface area contributed by atoms with Crippen molar-refractivity contribution in [3.8, 4) is 11.5 Å². The summed E-state index contributed by atoms with van der Waals surface area (Å²) in [6.45, 7) is 11.6. The molecule has 0 aliphatic carbocycles. The molecule has 0 aliphatic rings.